The molecule has 3 heterocycles. The van der Waals surface area contributed by atoms with Crippen molar-refractivity contribution < 1.29 is 9.21 Å². The van der Waals surface area contributed by atoms with Gasteiger partial charge in [0.1, 0.15) is 0 Å². The van der Waals surface area contributed by atoms with Crippen LogP contribution in [0.3, 0.4) is 0 Å². The van der Waals surface area contributed by atoms with Crippen molar-refractivity contribution in [3.05, 3.63) is 47.9 Å². The van der Waals surface area contributed by atoms with Gasteiger partial charge in [0, 0.05) is 38.1 Å². The van der Waals surface area contributed by atoms with E-state index in [-0.39, 0.29) is 5.91 Å². The Balaban J connectivity index is 1.67. The first kappa shape index (κ1) is 16.6. The van der Waals surface area contributed by atoms with Crippen LogP contribution in [0.2, 0.25) is 0 Å². The lowest BCUT2D eigenvalue weighted by Gasteiger charge is -2.38. The van der Waals surface area contributed by atoms with E-state index in [0.29, 0.717) is 17.5 Å². The summed E-state index contributed by atoms with van der Waals surface area (Å²) in [4.78, 5) is 25.1. The molecule has 0 bridgehead atoms. The molecule has 2 aromatic rings. The van der Waals surface area contributed by atoms with Crippen molar-refractivity contribution >= 4 is 5.91 Å². The number of nitrogens with zero attached hydrogens (tertiary/aromatic N) is 4. The standard InChI is InChI=1S/C18H24N4O2/c1-3-21(11-15-6-8-19-9-7-15)16-5-4-10-22(12-16)18(23)17-14(2)20-13-24-17/h6-9,13,16H,3-5,10-12H2,1-2H3. The Hall–Kier alpha value is -2.21. The van der Waals surface area contributed by atoms with Crippen molar-refractivity contribution in [2.24, 2.45) is 0 Å². The van der Waals surface area contributed by atoms with Gasteiger partial charge in [-0.1, -0.05) is 6.92 Å². The maximum atomic E-state index is 12.7. The van der Waals surface area contributed by atoms with Gasteiger partial charge < -0.3 is 9.32 Å². The molecule has 6 heteroatoms. The van der Waals surface area contributed by atoms with Gasteiger partial charge in [-0.25, -0.2) is 4.98 Å². The lowest BCUT2D eigenvalue weighted by molar-refractivity contribution is 0.0540. The molecule has 6 nitrogen and oxygen atoms in total. The second-order valence-corrected chi connectivity index (χ2v) is 6.23. The Morgan fingerprint density at radius 2 is 2.21 bits per heavy atom. The lowest BCUT2D eigenvalue weighted by Crippen LogP contribution is -2.49. The molecule has 1 unspecified atom stereocenters. The SMILES string of the molecule is CCN(Cc1ccncc1)C1CCCN(C(=O)c2ocnc2C)C1. The smallest absolute Gasteiger partial charge is 0.291 e. The lowest BCUT2D eigenvalue weighted by atomic mass is 10.0. The van der Waals surface area contributed by atoms with Crippen LogP contribution in [0.5, 0.6) is 0 Å². The quantitative estimate of drug-likeness (QED) is 0.844. The number of amides is 1. The zero-order valence-electron chi connectivity index (χ0n) is 14.3. The number of aryl methyl sites for hydroxylation is 1. The Bertz CT molecular complexity index is 671. The maximum Gasteiger partial charge on any atom is 0.291 e. The third-order valence-corrected chi connectivity index (χ3v) is 4.68. The van der Waals surface area contributed by atoms with Gasteiger partial charge in [0.25, 0.3) is 5.91 Å². The highest BCUT2D eigenvalue weighted by atomic mass is 16.3. The molecule has 1 aliphatic rings. The van der Waals surface area contributed by atoms with E-state index in [0.717, 1.165) is 39.0 Å². The maximum absolute atomic E-state index is 12.7. The number of hydrogen-bond acceptors (Lipinski definition) is 5. The van der Waals surface area contributed by atoms with Crippen LogP contribution in [-0.2, 0) is 6.54 Å². The van der Waals surface area contributed by atoms with Crippen LogP contribution >= 0.6 is 0 Å². The van der Waals surface area contributed by atoms with Crippen molar-refractivity contribution in [1.82, 2.24) is 19.8 Å². The summed E-state index contributed by atoms with van der Waals surface area (Å²) in [6, 6.07) is 4.46. The summed E-state index contributed by atoms with van der Waals surface area (Å²) in [7, 11) is 0. The number of aromatic nitrogens is 2. The molecule has 0 aliphatic carbocycles. The number of piperidine rings is 1. The van der Waals surface area contributed by atoms with E-state index in [9.17, 15) is 4.79 Å². The highest BCUT2D eigenvalue weighted by Gasteiger charge is 2.30. The molecule has 24 heavy (non-hydrogen) atoms. The van der Waals surface area contributed by atoms with Gasteiger partial charge in [0.2, 0.25) is 5.76 Å². The molecule has 0 radical (unpaired) electrons. The van der Waals surface area contributed by atoms with E-state index >= 15 is 0 Å². The van der Waals surface area contributed by atoms with Crippen LogP contribution < -0.4 is 0 Å². The second-order valence-electron chi connectivity index (χ2n) is 6.23. The van der Waals surface area contributed by atoms with E-state index in [1.807, 2.05) is 29.4 Å². The number of carbonyl (C=O) groups is 1. The van der Waals surface area contributed by atoms with Crippen molar-refractivity contribution in [3.8, 4) is 0 Å². The minimum atomic E-state index is -0.0466. The average Bonchev–Trinajstić information content (AvgIpc) is 3.06. The molecule has 1 saturated heterocycles. The molecule has 0 saturated carbocycles. The topological polar surface area (TPSA) is 62.5 Å². The first-order chi connectivity index (χ1) is 11.7. The largest absolute Gasteiger partial charge is 0.438 e. The predicted molar refractivity (Wildman–Crippen MR) is 90.5 cm³/mol. The van der Waals surface area contributed by atoms with Crippen LogP contribution in [0.25, 0.3) is 0 Å². The van der Waals surface area contributed by atoms with Crippen LogP contribution in [0.15, 0.2) is 35.3 Å². The Kier molecular flexibility index (Phi) is 5.25. The fourth-order valence-electron chi connectivity index (χ4n) is 3.31. The van der Waals surface area contributed by atoms with Crippen LogP contribution in [0.1, 0.15) is 41.6 Å². The van der Waals surface area contributed by atoms with Crippen molar-refractivity contribution in [3.63, 3.8) is 0 Å². The van der Waals surface area contributed by atoms with E-state index in [2.05, 4.69) is 21.8 Å². The van der Waals surface area contributed by atoms with Gasteiger partial charge >= 0.3 is 0 Å². The number of hydrogen-bond donors (Lipinski definition) is 0. The molecule has 1 atom stereocenters. The average molecular weight is 328 g/mol. The van der Waals surface area contributed by atoms with E-state index in [1.54, 1.807) is 6.92 Å². The third kappa shape index (κ3) is 3.64. The van der Waals surface area contributed by atoms with Gasteiger partial charge in [0.15, 0.2) is 6.39 Å². The molecule has 1 fully saturated rings. The highest BCUT2D eigenvalue weighted by molar-refractivity contribution is 5.92. The first-order valence-electron chi connectivity index (χ1n) is 8.51. The molecule has 3 rings (SSSR count). The number of oxazole rings is 1. The molecule has 128 valence electrons. The molecular formula is C18H24N4O2. The second kappa shape index (κ2) is 7.57. The molecule has 0 spiro atoms. The predicted octanol–water partition coefficient (Wildman–Crippen LogP) is 2.50. The zero-order chi connectivity index (χ0) is 16.9. The monoisotopic (exact) mass is 328 g/mol. The van der Waals surface area contributed by atoms with Crippen molar-refractivity contribution in [2.75, 3.05) is 19.6 Å². The van der Waals surface area contributed by atoms with E-state index in [4.69, 9.17) is 4.42 Å². The zero-order valence-corrected chi connectivity index (χ0v) is 14.3. The highest BCUT2D eigenvalue weighted by Crippen LogP contribution is 2.20. The van der Waals surface area contributed by atoms with Crippen molar-refractivity contribution in [1.29, 1.82) is 0 Å². The molecule has 2 aromatic heterocycles. The molecule has 1 amide bonds. The molecular weight excluding hydrogens is 304 g/mol. The van der Waals surface area contributed by atoms with Gasteiger partial charge in [-0.15, -0.1) is 0 Å². The third-order valence-electron chi connectivity index (χ3n) is 4.68. The summed E-state index contributed by atoms with van der Waals surface area (Å²) in [5, 5.41) is 0. The number of pyridine rings is 1. The summed E-state index contributed by atoms with van der Waals surface area (Å²) in [5.74, 6) is 0.322. The minimum absolute atomic E-state index is 0.0466. The summed E-state index contributed by atoms with van der Waals surface area (Å²) >= 11 is 0. The van der Waals surface area contributed by atoms with Gasteiger partial charge in [0.05, 0.1) is 5.69 Å². The van der Waals surface area contributed by atoms with Gasteiger partial charge in [-0.2, -0.15) is 0 Å². The van der Waals surface area contributed by atoms with Crippen LogP contribution in [0.4, 0.5) is 0 Å². The normalized spacial score (nSPS) is 18.1. The van der Waals surface area contributed by atoms with E-state index in [1.165, 1.54) is 12.0 Å². The minimum Gasteiger partial charge on any atom is -0.438 e. The summed E-state index contributed by atoms with van der Waals surface area (Å²) in [6.07, 6.45) is 7.11. The fraction of sp³-hybridized carbons (Fsp3) is 0.500. The Labute approximate surface area is 142 Å². The number of likely N-dealkylation sites (N-methyl/N-ethyl adjacent to an activating group) is 1. The van der Waals surface area contributed by atoms with Crippen LogP contribution in [0, 0.1) is 6.92 Å². The van der Waals surface area contributed by atoms with Crippen LogP contribution in [-0.4, -0.2) is 51.4 Å². The molecule has 0 aromatic carbocycles. The number of rotatable bonds is 5. The summed E-state index contributed by atoms with van der Waals surface area (Å²) < 4.78 is 5.27. The molecule has 0 N–H and O–H groups in total. The summed E-state index contributed by atoms with van der Waals surface area (Å²) in [5.41, 5.74) is 1.91. The number of likely N-dealkylation sites (tertiary alicyclic amines) is 1. The van der Waals surface area contributed by atoms with Gasteiger partial charge in [-0.05, 0) is 44.0 Å². The Morgan fingerprint density at radius 1 is 1.42 bits per heavy atom. The fourth-order valence-corrected chi connectivity index (χ4v) is 3.31. The van der Waals surface area contributed by atoms with Crippen molar-refractivity contribution in [2.45, 2.75) is 39.3 Å². The number of carbonyl (C=O) groups excluding carboxylic acids is 1. The summed E-state index contributed by atoms with van der Waals surface area (Å²) in [6.45, 7) is 7.33. The van der Waals surface area contributed by atoms with Gasteiger partial charge in [-0.3, -0.25) is 14.7 Å². The van der Waals surface area contributed by atoms with E-state index < -0.39 is 0 Å². The molecule has 1 aliphatic heterocycles. The Morgan fingerprint density at radius 3 is 2.88 bits per heavy atom. The first-order valence-corrected chi connectivity index (χ1v) is 8.51.